The summed E-state index contributed by atoms with van der Waals surface area (Å²) in [5.74, 6) is 0.748. The van der Waals surface area contributed by atoms with Crippen LogP contribution in [0.3, 0.4) is 0 Å². The SMILES string of the molecule is CCNC(=NCc1ccc(S(C)(=O)=O)c(C)c1)NCCc1csc(N2CCCC2)n1.I. The molecule has 1 fully saturated rings. The summed E-state index contributed by atoms with van der Waals surface area (Å²) in [6.07, 6.45) is 4.60. The Morgan fingerprint density at radius 3 is 2.65 bits per heavy atom. The molecule has 1 aromatic carbocycles. The van der Waals surface area contributed by atoms with Gasteiger partial charge in [-0.2, -0.15) is 0 Å². The van der Waals surface area contributed by atoms with E-state index in [2.05, 4.69) is 25.9 Å². The van der Waals surface area contributed by atoms with Gasteiger partial charge in [0.25, 0.3) is 0 Å². The highest BCUT2D eigenvalue weighted by molar-refractivity contribution is 14.0. The monoisotopic (exact) mass is 577 g/mol. The van der Waals surface area contributed by atoms with Crippen molar-refractivity contribution in [2.45, 2.75) is 44.6 Å². The molecule has 0 aliphatic carbocycles. The Labute approximate surface area is 206 Å². The van der Waals surface area contributed by atoms with Gasteiger partial charge in [-0.05, 0) is 43.9 Å². The lowest BCUT2D eigenvalue weighted by Crippen LogP contribution is -2.38. The highest BCUT2D eigenvalue weighted by Crippen LogP contribution is 2.24. The summed E-state index contributed by atoms with van der Waals surface area (Å²) in [4.78, 5) is 12.1. The van der Waals surface area contributed by atoms with Crippen LogP contribution >= 0.6 is 35.3 Å². The number of rotatable bonds is 8. The molecule has 172 valence electrons. The summed E-state index contributed by atoms with van der Waals surface area (Å²) in [6, 6.07) is 5.38. The van der Waals surface area contributed by atoms with E-state index >= 15 is 0 Å². The number of guanidine groups is 1. The van der Waals surface area contributed by atoms with Gasteiger partial charge in [0, 0.05) is 44.2 Å². The highest BCUT2D eigenvalue weighted by Gasteiger charge is 2.15. The van der Waals surface area contributed by atoms with Crippen molar-refractivity contribution >= 4 is 56.2 Å². The van der Waals surface area contributed by atoms with E-state index in [-0.39, 0.29) is 24.0 Å². The largest absolute Gasteiger partial charge is 0.357 e. The number of aliphatic imine (C=N–C) groups is 1. The van der Waals surface area contributed by atoms with Gasteiger partial charge in [-0.25, -0.2) is 18.4 Å². The number of anilines is 1. The van der Waals surface area contributed by atoms with Crippen molar-refractivity contribution in [3.05, 3.63) is 40.4 Å². The Hall–Kier alpha value is -1.40. The van der Waals surface area contributed by atoms with Crippen molar-refractivity contribution < 1.29 is 8.42 Å². The van der Waals surface area contributed by atoms with E-state index in [1.54, 1.807) is 17.4 Å². The Morgan fingerprint density at radius 2 is 2.00 bits per heavy atom. The van der Waals surface area contributed by atoms with E-state index in [9.17, 15) is 8.42 Å². The van der Waals surface area contributed by atoms with Crippen LogP contribution in [-0.2, 0) is 22.8 Å². The molecule has 1 aliphatic heterocycles. The third kappa shape index (κ3) is 7.60. The van der Waals surface area contributed by atoms with E-state index in [0.29, 0.717) is 11.4 Å². The zero-order valence-electron chi connectivity index (χ0n) is 18.3. The third-order valence-electron chi connectivity index (χ3n) is 4.99. The number of nitrogens with one attached hydrogen (secondary N) is 2. The van der Waals surface area contributed by atoms with E-state index in [4.69, 9.17) is 4.98 Å². The third-order valence-corrected chi connectivity index (χ3v) is 7.20. The zero-order valence-corrected chi connectivity index (χ0v) is 22.3. The maximum Gasteiger partial charge on any atom is 0.191 e. The molecule has 31 heavy (non-hydrogen) atoms. The second kappa shape index (κ2) is 12.0. The van der Waals surface area contributed by atoms with Crippen LogP contribution in [0.15, 0.2) is 33.5 Å². The second-order valence-corrected chi connectivity index (χ2v) is 10.4. The van der Waals surface area contributed by atoms with Crippen molar-refractivity contribution in [1.82, 2.24) is 15.6 Å². The lowest BCUT2D eigenvalue weighted by molar-refractivity contribution is 0.601. The maximum atomic E-state index is 11.8. The first-order valence-corrected chi connectivity index (χ1v) is 13.1. The molecule has 0 unspecified atom stereocenters. The van der Waals surface area contributed by atoms with Crippen LogP contribution in [0, 0.1) is 6.92 Å². The second-order valence-electron chi connectivity index (χ2n) is 7.56. The van der Waals surface area contributed by atoms with Crippen LogP contribution in [-0.4, -0.2) is 51.8 Å². The van der Waals surface area contributed by atoms with Gasteiger partial charge < -0.3 is 15.5 Å². The molecule has 1 saturated heterocycles. The van der Waals surface area contributed by atoms with Crippen molar-refractivity contribution in [1.29, 1.82) is 0 Å². The number of thiazole rings is 1. The maximum absolute atomic E-state index is 11.8. The summed E-state index contributed by atoms with van der Waals surface area (Å²) < 4.78 is 23.5. The minimum Gasteiger partial charge on any atom is -0.357 e. The number of aryl methyl sites for hydroxylation is 1. The van der Waals surface area contributed by atoms with Crippen LogP contribution < -0.4 is 15.5 Å². The minimum absolute atomic E-state index is 0. The fourth-order valence-corrected chi connectivity index (χ4v) is 5.38. The number of halogens is 1. The quantitative estimate of drug-likeness (QED) is 0.284. The molecule has 0 atom stereocenters. The zero-order chi connectivity index (χ0) is 21.6. The summed E-state index contributed by atoms with van der Waals surface area (Å²) in [7, 11) is -3.20. The molecular formula is C21H32IN5O2S2. The predicted octanol–water partition coefficient (Wildman–Crippen LogP) is 3.37. The molecule has 0 radical (unpaired) electrons. The molecule has 2 heterocycles. The van der Waals surface area contributed by atoms with Gasteiger partial charge in [0.05, 0.1) is 17.1 Å². The van der Waals surface area contributed by atoms with Crippen molar-refractivity contribution in [2.24, 2.45) is 4.99 Å². The standard InChI is InChI=1S/C21H31N5O2S2.HI/c1-4-22-20(24-14-17-7-8-19(16(2)13-17)30(3,27)28)23-10-9-18-15-29-21(25-18)26-11-5-6-12-26;/h7-8,13,15H,4-6,9-12,14H2,1-3H3,(H2,22,23,24);1H. The number of sulfone groups is 1. The highest BCUT2D eigenvalue weighted by atomic mass is 127. The summed E-state index contributed by atoms with van der Waals surface area (Å²) in [5.41, 5.74) is 2.84. The van der Waals surface area contributed by atoms with Gasteiger partial charge >= 0.3 is 0 Å². The van der Waals surface area contributed by atoms with E-state index in [0.717, 1.165) is 60.5 Å². The molecular weight excluding hydrogens is 545 g/mol. The summed E-state index contributed by atoms with van der Waals surface area (Å²) >= 11 is 1.73. The fourth-order valence-electron chi connectivity index (χ4n) is 3.51. The molecule has 10 heteroatoms. The summed E-state index contributed by atoms with van der Waals surface area (Å²) in [6.45, 7) is 8.09. The minimum atomic E-state index is -3.20. The number of benzene rings is 1. The van der Waals surface area contributed by atoms with Crippen molar-refractivity contribution in [3.8, 4) is 0 Å². The van der Waals surface area contributed by atoms with Gasteiger partial charge in [-0.1, -0.05) is 12.1 Å². The Morgan fingerprint density at radius 1 is 1.26 bits per heavy atom. The van der Waals surface area contributed by atoms with Crippen molar-refractivity contribution in [3.63, 3.8) is 0 Å². The van der Waals surface area contributed by atoms with Crippen LogP contribution in [0.4, 0.5) is 5.13 Å². The number of aromatic nitrogens is 1. The van der Waals surface area contributed by atoms with Gasteiger partial charge in [-0.15, -0.1) is 35.3 Å². The molecule has 0 saturated carbocycles. The normalized spacial score (nSPS) is 14.4. The van der Waals surface area contributed by atoms with Crippen molar-refractivity contribution in [2.75, 3.05) is 37.3 Å². The van der Waals surface area contributed by atoms with Crippen LogP contribution in [0.25, 0.3) is 0 Å². The first-order valence-electron chi connectivity index (χ1n) is 10.4. The smallest absolute Gasteiger partial charge is 0.191 e. The molecule has 7 nitrogen and oxygen atoms in total. The molecule has 2 aromatic rings. The number of hydrogen-bond acceptors (Lipinski definition) is 6. The lowest BCUT2D eigenvalue weighted by atomic mass is 10.1. The van der Waals surface area contributed by atoms with E-state index in [1.165, 1.54) is 19.1 Å². The Kier molecular flexibility index (Phi) is 10.0. The molecule has 1 aromatic heterocycles. The number of hydrogen-bond donors (Lipinski definition) is 2. The fraction of sp³-hybridized carbons (Fsp3) is 0.524. The molecule has 3 rings (SSSR count). The van der Waals surface area contributed by atoms with Gasteiger partial charge in [0.1, 0.15) is 0 Å². The first-order chi connectivity index (χ1) is 14.4. The Bertz CT molecular complexity index is 985. The lowest BCUT2D eigenvalue weighted by Gasteiger charge is -2.12. The van der Waals surface area contributed by atoms with Gasteiger partial charge in [0.2, 0.25) is 0 Å². The predicted molar refractivity (Wildman–Crippen MR) is 140 cm³/mol. The summed E-state index contributed by atoms with van der Waals surface area (Å²) in [5, 5.41) is 9.90. The van der Waals surface area contributed by atoms with E-state index < -0.39 is 9.84 Å². The first kappa shape index (κ1) is 25.9. The van der Waals surface area contributed by atoms with Gasteiger partial charge in [-0.3, -0.25) is 0 Å². The van der Waals surface area contributed by atoms with Crippen LogP contribution in [0.2, 0.25) is 0 Å². The molecule has 1 aliphatic rings. The van der Waals surface area contributed by atoms with Gasteiger partial charge in [0.15, 0.2) is 20.9 Å². The Balaban J connectivity index is 0.00000341. The molecule has 2 N–H and O–H groups in total. The van der Waals surface area contributed by atoms with Crippen LogP contribution in [0.5, 0.6) is 0 Å². The van der Waals surface area contributed by atoms with Crippen LogP contribution in [0.1, 0.15) is 36.6 Å². The average Bonchev–Trinajstić information content (AvgIpc) is 3.37. The van der Waals surface area contributed by atoms with E-state index in [1.807, 2.05) is 26.0 Å². The number of nitrogens with zero attached hydrogens (tertiary/aromatic N) is 3. The molecule has 0 amide bonds. The topological polar surface area (TPSA) is 86.7 Å². The molecule has 0 spiro atoms. The average molecular weight is 578 g/mol. The molecule has 0 bridgehead atoms.